The molecule has 0 aliphatic carbocycles. The fraction of sp³-hybridized carbons (Fsp3) is 0.348. The summed E-state index contributed by atoms with van der Waals surface area (Å²) < 4.78 is 0. The van der Waals surface area contributed by atoms with E-state index in [-0.39, 0.29) is 23.6 Å². The molecule has 0 aromatic heterocycles. The maximum atomic E-state index is 12.8. The van der Waals surface area contributed by atoms with Gasteiger partial charge in [0.2, 0.25) is 5.91 Å². The van der Waals surface area contributed by atoms with Gasteiger partial charge in [0.15, 0.2) is 0 Å². The molecule has 1 saturated heterocycles. The molecule has 2 aromatic carbocycles. The average molecular weight is 393 g/mol. The molecular weight excluding hydrogens is 366 g/mol. The summed E-state index contributed by atoms with van der Waals surface area (Å²) in [6.07, 6.45) is 1.62. The van der Waals surface area contributed by atoms with Gasteiger partial charge in [-0.05, 0) is 63.1 Å². The Morgan fingerprint density at radius 3 is 2.31 bits per heavy atom. The Kier molecular flexibility index (Phi) is 6.65. The zero-order chi connectivity index (χ0) is 20.8. The Morgan fingerprint density at radius 1 is 1.00 bits per heavy atom. The fourth-order valence-electron chi connectivity index (χ4n) is 3.48. The minimum Gasteiger partial charge on any atom is -0.356 e. The van der Waals surface area contributed by atoms with Crippen molar-refractivity contribution in [1.29, 1.82) is 0 Å². The van der Waals surface area contributed by atoms with Gasteiger partial charge in [0, 0.05) is 36.4 Å². The normalized spacial score (nSPS) is 16.2. The summed E-state index contributed by atoms with van der Waals surface area (Å²) in [4.78, 5) is 39.0. The molecule has 0 saturated carbocycles. The van der Waals surface area contributed by atoms with E-state index in [9.17, 15) is 14.4 Å². The molecule has 6 heteroatoms. The van der Waals surface area contributed by atoms with Gasteiger partial charge in [0.25, 0.3) is 11.8 Å². The lowest BCUT2D eigenvalue weighted by Crippen LogP contribution is -2.45. The van der Waals surface area contributed by atoms with Crippen LogP contribution in [0.25, 0.3) is 0 Å². The van der Waals surface area contributed by atoms with E-state index < -0.39 is 0 Å². The van der Waals surface area contributed by atoms with Gasteiger partial charge in [-0.2, -0.15) is 0 Å². The van der Waals surface area contributed by atoms with Crippen molar-refractivity contribution in [2.45, 2.75) is 26.7 Å². The van der Waals surface area contributed by atoms with Crippen LogP contribution in [-0.4, -0.2) is 42.3 Å². The molecule has 1 heterocycles. The zero-order valence-corrected chi connectivity index (χ0v) is 16.9. The largest absolute Gasteiger partial charge is 0.356 e. The number of piperidine rings is 1. The van der Waals surface area contributed by atoms with Gasteiger partial charge in [0.05, 0.1) is 5.92 Å². The van der Waals surface area contributed by atoms with E-state index in [2.05, 4.69) is 10.6 Å². The highest BCUT2D eigenvalue weighted by Gasteiger charge is 2.28. The molecule has 2 N–H and O–H groups in total. The van der Waals surface area contributed by atoms with Crippen LogP contribution in [-0.2, 0) is 4.79 Å². The quantitative estimate of drug-likeness (QED) is 0.819. The topological polar surface area (TPSA) is 78.5 Å². The third-order valence-corrected chi connectivity index (χ3v) is 5.13. The first-order chi connectivity index (χ1) is 14.0. The van der Waals surface area contributed by atoms with Gasteiger partial charge >= 0.3 is 0 Å². The second-order valence-electron chi connectivity index (χ2n) is 7.38. The van der Waals surface area contributed by atoms with Crippen molar-refractivity contribution >= 4 is 23.4 Å². The molecular formula is C23H27N3O3. The Hall–Kier alpha value is -3.15. The highest BCUT2D eigenvalue weighted by Crippen LogP contribution is 2.20. The van der Waals surface area contributed by atoms with Gasteiger partial charge < -0.3 is 15.5 Å². The number of nitrogens with one attached hydrogen (secondary N) is 2. The first-order valence-corrected chi connectivity index (χ1v) is 10.0. The van der Waals surface area contributed by atoms with Gasteiger partial charge in [-0.1, -0.05) is 17.7 Å². The van der Waals surface area contributed by atoms with Crippen molar-refractivity contribution in [3.05, 3.63) is 65.2 Å². The van der Waals surface area contributed by atoms with Crippen LogP contribution < -0.4 is 10.6 Å². The van der Waals surface area contributed by atoms with Crippen LogP contribution in [0.3, 0.4) is 0 Å². The first-order valence-electron chi connectivity index (χ1n) is 10.0. The average Bonchev–Trinajstić information content (AvgIpc) is 2.74. The third kappa shape index (κ3) is 5.22. The monoisotopic (exact) mass is 393 g/mol. The Morgan fingerprint density at radius 2 is 1.66 bits per heavy atom. The van der Waals surface area contributed by atoms with E-state index in [4.69, 9.17) is 0 Å². The third-order valence-electron chi connectivity index (χ3n) is 5.13. The number of rotatable bonds is 5. The second kappa shape index (κ2) is 9.37. The van der Waals surface area contributed by atoms with Crippen LogP contribution in [0.15, 0.2) is 48.5 Å². The summed E-state index contributed by atoms with van der Waals surface area (Å²) in [7, 11) is 0. The van der Waals surface area contributed by atoms with E-state index in [1.807, 2.05) is 26.0 Å². The number of nitrogens with zero attached hydrogens (tertiary/aromatic N) is 1. The number of anilines is 1. The predicted octanol–water partition coefficient (Wildman–Crippen LogP) is 3.24. The van der Waals surface area contributed by atoms with Crippen LogP contribution in [0.1, 0.15) is 46.0 Å². The Labute approximate surface area is 171 Å². The lowest BCUT2D eigenvalue weighted by atomic mass is 9.96. The summed E-state index contributed by atoms with van der Waals surface area (Å²) in [5.41, 5.74) is 2.86. The number of hydrogen-bond acceptors (Lipinski definition) is 3. The molecule has 1 atom stereocenters. The molecule has 3 rings (SSSR count). The van der Waals surface area contributed by atoms with Crippen molar-refractivity contribution in [3.63, 3.8) is 0 Å². The molecule has 1 aliphatic rings. The molecule has 29 heavy (non-hydrogen) atoms. The van der Waals surface area contributed by atoms with Crippen LogP contribution in [0, 0.1) is 12.8 Å². The van der Waals surface area contributed by atoms with E-state index in [0.717, 1.165) is 18.4 Å². The van der Waals surface area contributed by atoms with Gasteiger partial charge in [-0.3, -0.25) is 14.4 Å². The fourth-order valence-corrected chi connectivity index (χ4v) is 3.48. The lowest BCUT2D eigenvalue weighted by molar-refractivity contribution is -0.126. The SMILES string of the molecule is CCNC(=O)C1CCCN(C(=O)c2ccc(NC(=O)c3ccc(C)cc3)cc2)C1. The summed E-state index contributed by atoms with van der Waals surface area (Å²) in [6.45, 7) is 5.55. The number of likely N-dealkylation sites (tertiary alicyclic amines) is 1. The molecule has 1 fully saturated rings. The maximum absolute atomic E-state index is 12.8. The number of carbonyl (C=O) groups is 3. The molecule has 1 aliphatic heterocycles. The van der Waals surface area contributed by atoms with Gasteiger partial charge in [-0.25, -0.2) is 0 Å². The van der Waals surface area contributed by atoms with Crippen molar-refractivity contribution in [1.82, 2.24) is 10.2 Å². The lowest BCUT2D eigenvalue weighted by Gasteiger charge is -2.32. The van der Waals surface area contributed by atoms with E-state index in [1.165, 1.54) is 0 Å². The second-order valence-corrected chi connectivity index (χ2v) is 7.38. The summed E-state index contributed by atoms with van der Waals surface area (Å²) >= 11 is 0. The number of amides is 3. The summed E-state index contributed by atoms with van der Waals surface area (Å²) in [5, 5.41) is 5.68. The minimum absolute atomic E-state index is 0.0131. The highest BCUT2D eigenvalue weighted by atomic mass is 16.2. The number of hydrogen-bond donors (Lipinski definition) is 2. The minimum atomic E-state index is -0.190. The molecule has 152 valence electrons. The molecule has 6 nitrogen and oxygen atoms in total. The van der Waals surface area contributed by atoms with Crippen molar-refractivity contribution in [3.8, 4) is 0 Å². The van der Waals surface area contributed by atoms with Crippen molar-refractivity contribution < 1.29 is 14.4 Å². The van der Waals surface area contributed by atoms with Gasteiger partial charge in [0.1, 0.15) is 0 Å². The van der Waals surface area contributed by atoms with Crippen LogP contribution >= 0.6 is 0 Å². The van der Waals surface area contributed by atoms with Crippen LogP contribution in [0.2, 0.25) is 0 Å². The van der Waals surface area contributed by atoms with E-state index in [1.54, 1.807) is 41.3 Å². The van der Waals surface area contributed by atoms with Crippen LogP contribution in [0.4, 0.5) is 5.69 Å². The van der Waals surface area contributed by atoms with Crippen LogP contribution in [0.5, 0.6) is 0 Å². The molecule has 0 spiro atoms. The van der Waals surface area contributed by atoms with E-state index >= 15 is 0 Å². The molecule has 0 bridgehead atoms. The molecule has 1 unspecified atom stereocenters. The summed E-state index contributed by atoms with van der Waals surface area (Å²) in [6, 6.07) is 14.2. The van der Waals surface area contributed by atoms with Crippen molar-refractivity contribution in [2.24, 2.45) is 5.92 Å². The Balaban J connectivity index is 1.61. The molecule has 3 amide bonds. The predicted molar refractivity (Wildman–Crippen MR) is 113 cm³/mol. The number of aryl methyl sites for hydroxylation is 1. The smallest absolute Gasteiger partial charge is 0.255 e. The van der Waals surface area contributed by atoms with Gasteiger partial charge in [-0.15, -0.1) is 0 Å². The van der Waals surface area contributed by atoms with E-state index in [0.29, 0.717) is 36.4 Å². The molecule has 0 radical (unpaired) electrons. The standard InChI is InChI=1S/C23H27N3O3/c1-3-24-21(27)19-5-4-14-26(15-19)23(29)18-10-12-20(13-11-18)25-22(28)17-8-6-16(2)7-9-17/h6-13,19H,3-5,14-15H2,1-2H3,(H,24,27)(H,25,28). The number of benzene rings is 2. The summed E-state index contributed by atoms with van der Waals surface area (Å²) in [5.74, 6) is -0.416. The van der Waals surface area contributed by atoms with Crippen molar-refractivity contribution in [2.75, 3.05) is 25.0 Å². The molecule has 2 aromatic rings. The Bertz CT molecular complexity index is 875. The number of carbonyl (C=O) groups excluding carboxylic acids is 3. The first kappa shape index (κ1) is 20.6. The zero-order valence-electron chi connectivity index (χ0n) is 16.9. The maximum Gasteiger partial charge on any atom is 0.255 e. The highest BCUT2D eigenvalue weighted by molar-refractivity contribution is 6.04.